The van der Waals surface area contributed by atoms with E-state index in [0.29, 0.717) is 19.0 Å². The number of amides is 1. The maximum absolute atomic E-state index is 12.4. The van der Waals surface area contributed by atoms with Crippen LogP contribution in [0.15, 0.2) is 10.7 Å². The van der Waals surface area contributed by atoms with Gasteiger partial charge in [0.25, 0.3) is 0 Å². The molecule has 1 fully saturated rings. The highest BCUT2D eigenvalue weighted by Crippen LogP contribution is 2.19. The van der Waals surface area contributed by atoms with E-state index in [-0.39, 0.29) is 17.6 Å². The van der Waals surface area contributed by atoms with Gasteiger partial charge in [0.1, 0.15) is 6.26 Å². The lowest BCUT2D eigenvalue weighted by atomic mass is 10.0. The van der Waals surface area contributed by atoms with Crippen LogP contribution in [-0.4, -0.2) is 59.9 Å². The van der Waals surface area contributed by atoms with Crippen LogP contribution < -0.4 is 0 Å². The van der Waals surface area contributed by atoms with E-state index in [0.717, 1.165) is 25.8 Å². The minimum Gasteiger partial charge on any atom is -0.464 e. The Bertz CT molecular complexity index is 529. The van der Waals surface area contributed by atoms with Crippen molar-refractivity contribution in [2.24, 2.45) is 0 Å². The summed E-state index contributed by atoms with van der Waals surface area (Å²) in [5, 5.41) is 0. The number of aromatic nitrogens is 1. The van der Waals surface area contributed by atoms with E-state index in [1.54, 1.807) is 4.90 Å². The first-order valence-electron chi connectivity index (χ1n) is 7.58. The fraction of sp³-hybridized carbons (Fsp3) is 0.667. The number of methoxy groups -OCH3 is 1. The number of carbonyl (C=O) groups excluding carboxylic acids is 2. The number of esters is 1. The van der Waals surface area contributed by atoms with Gasteiger partial charge in [0.05, 0.1) is 19.7 Å². The number of hydrogen-bond acceptors (Lipinski definition) is 6. The number of hydrogen-bond donors (Lipinski definition) is 0. The molecule has 0 N–H and O–H groups in total. The Morgan fingerprint density at radius 1 is 1.50 bits per heavy atom. The Morgan fingerprint density at radius 2 is 2.27 bits per heavy atom. The predicted molar refractivity (Wildman–Crippen MR) is 79.2 cm³/mol. The molecule has 0 spiro atoms. The summed E-state index contributed by atoms with van der Waals surface area (Å²) in [6.07, 6.45) is 4.16. The smallest absolute Gasteiger partial charge is 0.360 e. The van der Waals surface area contributed by atoms with Crippen LogP contribution >= 0.6 is 0 Å². The Hall–Kier alpha value is -1.89. The molecule has 1 atom stereocenters. The molecule has 1 aromatic rings. The summed E-state index contributed by atoms with van der Waals surface area (Å²) in [7, 11) is 3.13. The first-order valence-corrected chi connectivity index (χ1v) is 7.58. The molecule has 7 nitrogen and oxygen atoms in total. The minimum absolute atomic E-state index is 0.138. The van der Waals surface area contributed by atoms with Crippen LogP contribution in [0.4, 0.5) is 0 Å². The first-order chi connectivity index (χ1) is 10.6. The third-order valence-electron chi connectivity index (χ3n) is 3.94. The van der Waals surface area contributed by atoms with Gasteiger partial charge in [-0.15, -0.1) is 0 Å². The number of likely N-dealkylation sites (N-methyl/N-ethyl adjacent to an activating group) is 1. The van der Waals surface area contributed by atoms with Gasteiger partial charge in [-0.3, -0.25) is 9.69 Å². The van der Waals surface area contributed by atoms with Crippen LogP contribution in [0.3, 0.4) is 0 Å². The van der Waals surface area contributed by atoms with Crippen molar-refractivity contribution in [3.8, 4) is 0 Å². The van der Waals surface area contributed by atoms with Crippen molar-refractivity contribution in [3.05, 3.63) is 17.8 Å². The number of unbranched alkanes of at least 4 members (excludes halogenated alkanes) is 1. The summed E-state index contributed by atoms with van der Waals surface area (Å²) in [4.78, 5) is 31.7. The molecule has 7 heteroatoms. The third kappa shape index (κ3) is 3.65. The third-order valence-corrected chi connectivity index (χ3v) is 3.94. The topological polar surface area (TPSA) is 75.9 Å². The minimum atomic E-state index is -0.521. The van der Waals surface area contributed by atoms with E-state index in [1.807, 2.05) is 7.05 Å². The normalized spacial score (nSPS) is 19.5. The number of carbonyl (C=O) groups is 2. The van der Waals surface area contributed by atoms with E-state index < -0.39 is 5.97 Å². The molecule has 1 amide bonds. The second-order valence-electron chi connectivity index (χ2n) is 5.51. The summed E-state index contributed by atoms with van der Waals surface area (Å²) in [5.41, 5.74) is 0.156. The van der Waals surface area contributed by atoms with Gasteiger partial charge in [-0.1, -0.05) is 19.8 Å². The fourth-order valence-corrected chi connectivity index (χ4v) is 2.60. The van der Waals surface area contributed by atoms with Gasteiger partial charge in [-0.2, -0.15) is 0 Å². The summed E-state index contributed by atoms with van der Waals surface area (Å²) < 4.78 is 9.94. The van der Waals surface area contributed by atoms with Crippen molar-refractivity contribution in [2.45, 2.75) is 38.8 Å². The summed E-state index contributed by atoms with van der Waals surface area (Å²) in [6, 6.07) is -0.146. The standard InChI is InChI=1S/C15H23N3O4/c1-4-5-6-12-14(19)17(2)7-8-18(12)9-13-16-11(10-22-13)15(20)21-3/h10,12H,4-9H2,1-3H3. The molecule has 1 aromatic heterocycles. The molecular weight excluding hydrogens is 286 g/mol. The van der Waals surface area contributed by atoms with E-state index in [2.05, 4.69) is 21.5 Å². The lowest BCUT2D eigenvalue weighted by molar-refractivity contribution is -0.141. The highest BCUT2D eigenvalue weighted by atomic mass is 16.5. The zero-order valence-electron chi connectivity index (χ0n) is 13.4. The van der Waals surface area contributed by atoms with Crippen LogP contribution in [0.5, 0.6) is 0 Å². The molecule has 1 aliphatic heterocycles. The quantitative estimate of drug-likeness (QED) is 0.737. The molecule has 0 aliphatic carbocycles. The van der Waals surface area contributed by atoms with Crippen LogP contribution in [0.2, 0.25) is 0 Å². The van der Waals surface area contributed by atoms with Crippen LogP contribution in [0, 0.1) is 0 Å². The monoisotopic (exact) mass is 309 g/mol. The van der Waals surface area contributed by atoms with E-state index in [9.17, 15) is 9.59 Å². The number of piperazine rings is 1. The zero-order valence-corrected chi connectivity index (χ0v) is 13.4. The van der Waals surface area contributed by atoms with Gasteiger partial charge in [-0.05, 0) is 6.42 Å². The molecule has 122 valence electrons. The highest BCUT2D eigenvalue weighted by Gasteiger charge is 2.33. The molecule has 2 heterocycles. The molecule has 1 unspecified atom stereocenters. The number of oxazole rings is 1. The lowest BCUT2D eigenvalue weighted by Gasteiger charge is -2.38. The largest absolute Gasteiger partial charge is 0.464 e. The Labute approximate surface area is 130 Å². The van der Waals surface area contributed by atoms with Crippen LogP contribution in [-0.2, 0) is 16.1 Å². The SMILES string of the molecule is CCCCC1C(=O)N(C)CCN1Cc1nc(C(=O)OC)co1. The molecule has 22 heavy (non-hydrogen) atoms. The van der Waals surface area contributed by atoms with Crippen molar-refractivity contribution in [3.63, 3.8) is 0 Å². The average Bonchev–Trinajstić information content (AvgIpc) is 2.98. The first kappa shape index (κ1) is 16.5. The Balaban J connectivity index is 2.06. The zero-order chi connectivity index (χ0) is 16.1. The Morgan fingerprint density at radius 3 is 2.95 bits per heavy atom. The molecule has 0 radical (unpaired) electrons. The average molecular weight is 309 g/mol. The van der Waals surface area contributed by atoms with Crippen molar-refractivity contribution in [1.82, 2.24) is 14.8 Å². The van der Waals surface area contributed by atoms with E-state index in [1.165, 1.54) is 13.4 Å². The van der Waals surface area contributed by atoms with Gasteiger partial charge in [0.2, 0.25) is 11.8 Å². The maximum Gasteiger partial charge on any atom is 0.360 e. The van der Waals surface area contributed by atoms with Crippen molar-refractivity contribution < 1.29 is 18.7 Å². The van der Waals surface area contributed by atoms with Gasteiger partial charge >= 0.3 is 5.97 Å². The molecule has 0 bridgehead atoms. The number of nitrogens with zero attached hydrogens (tertiary/aromatic N) is 3. The van der Waals surface area contributed by atoms with Crippen LogP contribution in [0.1, 0.15) is 42.6 Å². The van der Waals surface area contributed by atoms with Crippen molar-refractivity contribution >= 4 is 11.9 Å². The summed E-state index contributed by atoms with van der Waals surface area (Å²) >= 11 is 0. The Kier molecular flexibility index (Phi) is 5.54. The predicted octanol–water partition coefficient (Wildman–Crippen LogP) is 1.29. The van der Waals surface area contributed by atoms with Crippen molar-refractivity contribution in [2.75, 3.05) is 27.2 Å². The van der Waals surface area contributed by atoms with Crippen LogP contribution in [0.25, 0.3) is 0 Å². The second kappa shape index (κ2) is 7.40. The number of ether oxygens (including phenoxy) is 1. The highest BCUT2D eigenvalue weighted by molar-refractivity contribution is 5.86. The molecule has 2 rings (SSSR count). The van der Waals surface area contributed by atoms with Crippen molar-refractivity contribution in [1.29, 1.82) is 0 Å². The van der Waals surface area contributed by atoms with Gasteiger partial charge in [0.15, 0.2) is 5.69 Å². The fourth-order valence-electron chi connectivity index (χ4n) is 2.60. The van der Waals surface area contributed by atoms with E-state index in [4.69, 9.17) is 4.42 Å². The lowest BCUT2D eigenvalue weighted by Crippen LogP contribution is -2.55. The van der Waals surface area contributed by atoms with Gasteiger partial charge < -0.3 is 14.1 Å². The summed E-state index contributed by atoms with van der Waals surface area (Å²) in [6.45, 7) is 3.99. The molecule has 0 aromatic carbocycles. The molecular formula is C15H23N3O4. The van der Waals surface area contributed by atoms with Gasteiger partial charge in [-0.25, -0.2) is 9.78 Å². The molecule has 1 aliphatic rings. The molecule has 0 saturated carbocycles. The number of rotatable bonds is 6. The van der Waals surface area contributed by atoms with Gasteiger partial charge in [0, 0.05) is 20.1 Å². The van der Waals surface area contributed by atoms with E-state index >= 15 is 0 Å². The maximum atomic E-state index is 12.4. The summed E-state index contributed by atoms with van der Waals surface area (Å²) in [5.74, 6) is 0.0469. The molecule has 1 saturated heterocycles. The second-order valence-corrected chi connectivity index (χ2v) is 5.51.